The Bertz CT molecular complexity index is 448. The van der Waals surface area contributed by atoms with Crippen molar-refractivity contribution in [2.45, 2.75) is 37.9 Å². The molecule has 6 heteroatoms. The van der Waals surface area contributed by atoms with Crippen LogP contribution in [0.1, 0.15) is 25.7 Å². The van der Waals surface area contributed by atoms with E-state index in [9.17, 15) is 13.2 Å². The number of rotatable bonds is 2. The van der Waals surface area contributed by atoms with Crippen molar-refractivity contribution in [1.82, 2.24) is 0 Å². The Morgan fingerprint density at radius 3 is 2.37 bits per heavy atom. The second-order valence-corrected chi connectivity index (χ2v) is 5.63. The zero-order chi connectivity index (χ0) is 14.0. The fourth-order valence-corrected chi connectivity index (χ4v) is 2.79. The summed E-state index contributed by atoms with van der Waals surface area (Å²) in [7, 11) is 0. The van der Waals surface area contributed by atoms with E-state index in [-0.39, 0.29) is 6.42 Å². The fourth-order valence-electron chi connectivity index (χ4n) is 2.50. The van der Waals surface area contributed by atoms with Crippen LogP contribution in [0, 0.1) is 5.92 Å². The molecule has 1 saturated carbocycles. The average molecular weight is 312 g/mol. The third kappa shape index (κ3) is 3.69. The maximum Gasteiger partial charge on any atom is 0.393 e. The molecule has 1 N–H and O–H groups in total. The molecule has 1 aromatic carbocycles. The minimum atomic E-state index is -4.16. The van der Waals surface area contributed by atoms with Crippen LogP contribution >= 0.6 is 23.2 Å². The molecule has 0 aliphatic heterocycles. The molecule has 0 aromatic heterocycles. The summed E-state index contributed by atoms with van der Waals surface area (Å²) in [6, 6.07) is 4.20. The maximum atomic E-state index is 13.0. The number of halogens is 5. The first-order valence-electron chi connectivity index (χ1n) is 6.16. The summed E-state index contributed by atoms with van der Waals surface area (Å²) in [6.07, 6.45) is -2.02. The summed E-state index contributed by atoms with van der Waals surface area (Å²) >= 11 is 11.6. The van der Waals surface area contributed by atoms with Gasteiger partial charge in [0.2, 0.25) is 0 Å². The SMILES string of the molecule is FC(F)(F)C1CCCCC1Nc1ccc(Cl)c(Cl)c1. The zero-order valence-electron chi connectivity index (χ0n) is 10.1. The zero-order valence-corrected chi connectivity index (χ0v) is 11.6. The highest BCUT2D eigenvalue weighted by molar-refractivity contribution is 6.42. The Kier molecular flexibility index (Phi) is 4.51. The van der Waals surface area contributed by atoms with Crippen molar-refractivity contribution < 1.29 is 13.2 Å². The minimum Gasteiger partial charge on any atom is -0.382 e. The molecule has 0 radical (unpaired) electrons. The molecule has 2 unspecified atom stereocenters. The lowest BCUT2D eigenvalue weighted by molar-refractivity contribution is -0.184. The number of hydrogen-bond donors (Lipinski definition) is 1. The maximum absolute atomic E-state index is 13.0. The Labute approximate surface area is 120 Å². The van der Waals surface area contributed by atoms with E-state index < -0.39 is 18.1 Å². The lowest BCUT2D eigenvalue weighted by atomic mass is 9.84. The van der Waals surface area contributed by atoms with Crippen LogP contribution in [0.2, 0.25) is 10.0 Å². The molecule has 0 bridgehead atoms. The lowest BCUT2D eigenvalue weighted by Crippen LogP contribution is -2.41. The van der Waals surface area contributed by atoms with E-state index in [1.54, 1.807) is 18.2 Å². The summed E-state index contributed by atoms with van der Waals surface area (Å²) in [6.45, 7) is 0. The smallest absolute Gasteiger partial charge is 0.382 e. The molecule has 1 aliphatic rings. The van der Waals surface area contributed by atoms with Crippen molar-refractivity contribution in [3.05, 3.63) is 28.2 Å². The first-order chi connectivity index (χ1) is 8.88. The molecule has 2 rings (SSSR count). The van der Waals surface area contributed by atoms with E-state index in [4.69, 9.17) is 23.2 Å². The minimum absolute atomic E-state index is 0.183. The monoisotopic (exact) mass is 311 g/mol. The second kappa shape index (κ2) is 5.80. The van der Waals surface area contributed by atoms with Gasteiger partial charge in [-0.15, -0.1) is 0 Å². The van der Waals surface area contributed by atoms with Gasteiger partial charge < -0.3 is 5.32 Å². The van der Waals surface area contributed by atoms with Crippen molar-refractivity contribution >= 4 is 28.9 Å². The van der Waals surface area contributed by atoms with Gasteiger partial charge >= 0.3 is 6.18 Å². The van der Waals surface area contributed by atoms with Crippen molar-refractivity contribution in [2.24, 2.45) is 5.92 Å². The number of benzene rings is 1. The standard InChI is InChI=1S/C13H14Cl2F3N/c14-10-6-5-8(7-11(10)15)19-12-4-2-1-3-9(12)13(16,17)18/h5-7,9,12,19H,1-4H2. The van der Waals surface area contributed by atoms with Crippen molar-refractivity contribution in [3.63, 3.8) is 0 Å². The van der Waals surface area contributed by atoms with E-state index >= 15 is 0 Å². The number of nitrogens with one attached hydrogen (secondary N) is 1. The summed E-state index contributed by atoms with van der Waals surface area (Å²) < 4.78 is 38.9. The molecular formula is C13H14Cl2F3N. The Morgan fingerprint density at radius 1 is 1.05 bits per heavy atom. The third-order valence-corrected chi connectivity index (χ3v) is 4.20. The third-order valence-electron chi connectivity index (χ3n) is 3.46. The van der Waals surface area contributed by atoms with Gasteiger partial charge in [0.1, 0.15) is 0 Å². The van der Waals surface area contributed by atoms with Crippen LogP contribution in [-0.2, 0) is 0 Å². The summed E-state index contributed by atoms with van der Waals surface area (Å²) in [5, 5.41) is 3.67. The quantitative estimate of drug-likeness (QED) is 0.757. The van der Waals surface area contributed by atoms with Crippen LogP contribution in [0.3, 0.4) is 0 Å². The Hall–Kier alpha value is -0.610. The predicted molar refractivity (Wildman–Crippen MR) is 71.9 cm³/mol. The molecule has 1 aromatic rings. The number of anilines is 1. The number of hydrogen-bond acceptors (Lipinski definition) is 1. The van der Waals surface area contributed by atoms with Gasteiger partial charge in [-0.2, -0.15) is 13.2 Å². The molecule has 0 saturated heterocycles. The van der Waals surface area contributed by atoms with Crippen LogP contribution in [0.15, 0.2) is 18.2 Å². The van der Waals surface area contributed by atoms with E-state index in [2.05, 4.69) is 5.32 Å². The van der Waals surface area contributed by atoms with Crippen LogP contribution < -0.4 is 5.32 Å². The number of alkyl halides is 3. The molecule has 1 fully saturated rings. The molecule has 0 heterocycles. The first kappa shape index (κ1) is 14.8. The molecule has 1 aliphatic carbocycles. The van der Waals surface area contributed by atoms with E-state index in [0.29, 0.717) is 28.6 Å². The Balaban J connectivity index is 2.13. The van der Waals surface area contributed by atoms with Crippen LogP contribution in [0.5, 0.6) is 0 Å². The molecule has 2 atom stereocenters. The summed E-state index contributed by atoms with van der Waals surface area (Å²) in [5.74, 6) is -1.30. The van der Waals surface area contributed by atoms with Gasteiger partial charge in [0.25, 0.3) is 0 Å². The van der Waals surface area contributed by atoms with Gasteiger partial charge in [0.05, 0.1) is 16.0 Å². The van der Waals surface area contributed by atoms with Crippen LogP contribution in [0.25, 0.3) is 0 Å². The molecule has 0 spiro atoms. The molecule has 1 nitrogen and oxygen atoms in total. The first-order valence-corrected chi connectivity index (χ1v) is 6.92. The van der Waals surface area contributed by atoms with Gasteiger partial charge in [-0.1, -0.05) is 36.0 Å². The normalized spacial score (nSPS) is 24.3. The largest absolute Gasteiger partial charge is 0.393 e. The highest BCUT2D eigenvalue weighted by atomic mass is 35.5. The second-order valence-electron chi connectivity index (χ2n) is 4.81. The highest BCUT2D eigenvalue weighted by Gasteiger charge is 2.45. The molecule has 0 amide bonds. The van der Waals surface area contributed by atoms with Crippen LogP contribution in [0.4, 0.5) is 18.9 Å². The topological polar surface area (TPSA) is 12.0 Å². The van der Waals surface area contributed by atoms with Gasteiger partial charge in [-0.3, -0.25) is 0 Å². The molecular weight excluding hydrogens is 298 g/mol. The highest BCUT2D eigenvalue weighted by Crippen LogP contribution is 2.39. The van der Waals surface area contributed by atoms with Crippen molar-refractivity contribution in [2.75, 3.05) is 5.32 Å². The molecule has 19 heavy (non-hydrogen) atoms. The van der Waals surface area contributed by atoms with Gasteiger partial charge in [0, 0.05) is 11.7 Å². The van der Waals surface area contributed by atoms with Gasteiger partial charge in [-0.25, -0.2) is 0 Å². The molecule has 106 valence electrons. The average Bonchev–Trinajstić information content (AvgIpc) is 2.33. The van der Waals surface area contributed by atoms with Gasteiger partial charge in [0.15, 0.2) is 0 Å². The fraction of sp³-hybridized carbons (Fsp3) is 0.538. The van der Waals surface area contributed by atoms with Crippen LogP contribution in [-0.4, -0.2) is 12.2 Å². The van der Waals surface area contributed by atoms with Crippen molar-refractivity contribution in [3.8, 4) is 0 Å². The van der Waals surface area contributed by atoms with E-state index in [0.717, 1.165) is 6.42 Å². The van der Waals surface area contributed by atoms with E-state index in [1.165, 1.54) is 0 Å². The lowest BCUT2D eigenvalue weighted by Gasteiger charge is -2.34. The summed E-state index contributed by atoms with van der Waals surface area (Å²) in [5.41, 5.74) is 0.579. The van der Waals surface area contributed by atoms with Gasteiger partial charge in [-0.05, 0) is 31.0 Å². The Morgan fingerprint density at radius 2 is 1.74 bits per heavy atom. The van der Waals surface area contributed by atoms with E-state index in [1.807, 2.05) is 0 Å². The van der Waals surface area contributed by atoms with Crippen molar-refractivity contribution in [1.29, 1.82) is 0 Å². The summed E-state index contributed by atoms with van der Waals surface area (Å²) in [4.78, 5) is 0. The predicted octanol–water partition coefficient (Wildman–Crippen LogP) is 5.53.